The first-order valence-corrected chi connectivity index (χ1v) is 23.2. The highest BCUT2D eigenvalue weighted by atomic mass is 16.3. The topological polar surface area (TPSA) is 55.1 Å². The number of anilines is 2. The van der Waals surface area contributed by atoms with Crippen molar-refractivity contribution in [3.63, 3.8) is 0 Å². The molecule has 1 aliphatic carbocycles. The molecule has 3 heterocycles. The summed E-state index contributed by atoms with van der Waals surface area (Å²) in [5.74, 6) is 2.66. The average molecular weight is 871 g/mol. The summed E-state index contributed by atoms with van der Waals surface area (Å²) in [5, 5.41) is 1.02. The summed E-state index contributed by atoms with van der Waals surface area (Å²) >= 11 is 0. The maximum absolute atomic E-state index is 6.80. The normalized spacial score (nSPS) is 14.7. The van der Waals surface area contributed by atoms with Crippen molar-refractivity contribution in [1.29, 1.82) is 0 Å². The molecular weight excluding hydrogens is 829 g/mol. The first kappa shape index (κ1) is 39.4. The van der Waals surface area contributed by atoms with Crippen LogP contribution in [0.25, 0.3) is 95.7 Å². The first-order chi connectivity index (χ1) is 33.7. The third kappa shape index (κ3) is 6.92. The maximum atomic E-state index is 6.80. The lowest BCUT2D eigenvalue weighted by molar-refractivity contribution is 0.584. The van der Waals surface area contributed by atoms with E-state index in [0.29, 0.717) is 17.5 Å². The SMILES string of the molecule is C1=CC2C(c3ccccc3N2c2ccc(-c3cccc(-c4ccccc4)c3)cc2)c2c1oc1cccc(-c3nc(-c4ccc(-c5ccccc5)cc4)nc(-c4cccc(-c5ccccc5)c4)n3)c21. The Labute approximate surface area is 395 Å². The quantitative estimate of drug-likeness (QED) is 0.152. The van der Waals surface area contributed by atoms with Crippen LogP contribution in [0.1, 0.15) is 22.8 Å². The molecule has 0 saturated carbocycles. The molecule has 320 valence electrons. The standard InChI is InChI=1S/C63H42N4O/c1-4-15-41(16-5-1)44-29-31-46(32-30-44)61-64-62(50-24-13-23-49(40-50)43-19-8-3-9-20-43)66-63(65-61)53-26-14-28-56-59(53)60-57(68-56)38-37-55-58(60)52-25-10-11-27-54(52)67(55)51-35-33-45(34-36-51)48-22-12-21-47(39-48)42-17-6-2-7-18-42/h1-40,55,58H. The van der Waals surface area contributed by atoms with Gasteiger partial charge in [0.2, 0.25) is 0 Å². The van der Waals surface area contributed by atoms with Gasteiger partial charge in [-0.2, -0.15) is 0 Å². The molecule has 5 nitrogen and oxygen atoms in total. The molecule has 9 aromatic carbocycles. The molecular formula is C63H42N4O. The first-order valence-electron chi connectivity index (χ1n) is 23.2. The van der Waals surface area contributed by atoms with Crippen molar-refractivity contribution in [1.82, 2.24) is 15.0 Å². The Morgan fingerprint density at radius 2 is 0.853 bits per heavy atom. The van der Waals surface area contributed by atoms with Crippen LogP contribution in [0.15, 0.2) is 241 Å². The van der Waals surface area contributed by atoms with Gasteiger partial charge in [0.1, 0.15) is 11.3 Å². The highest BCUT2D eigenvalue weighted by Gasteiger charge is 2.44. The summed E-state index contributed by atoms with van der Waals surface area (Å²) in [4.78, 5) is 18.3. The molecule has 68 heavy (non-hydrogen) atoms. The van der Waals surface area contributed by atoms with Gasteiger partial charge in [-0.1, -0.05) is 200 Å². The summed E-state index contributed by atoms with van der Waals surface area (Å²) in [6.07, 6.45) is 4.47. The van der Waals surface area contributed by atoms with Gasteiger partial charge in [0.15, 0.2) is 17.5 Å². The van der Waals surface area contributed by atoms with Crippen molar-refractivity contribution in [2.24, 2.45) is 0 Å². The molecule has 0 amide bonds. The minimum absolute atomic E-state index is 0.00866. The smallest absolute Gasteiger partial charge is 0.164 e. The lowest BCUT2D eigenvalue weighted by Crippen LogP contribution is -2.30. The minimum atomic E-state index is -0.00954. The van der Waals surface area contributed by atoms with Crippen molar-refractivity contribution in [3.05, 3.63) is 253 Å². The number of furan rings is 1. The van der Waals surface area contributed by atoms with E-state index in [1.165, 1.54) is 33.5 Å². The Kier molecular flexibility index (Phi) is 9.57. The van der Waals surface area contributed by atoms with Crippen LogP contribution in [-0.4, -0.2) is 21.0 Å². The third-order valence-electron chi connectivity index (χ3n) is 13.5. The summed E-state index contributed by atoms with van der Waals surface area (Å²) in [5.41, 5.74) is 17.6. The molecule has 2 aromatic heterocycles. The van der Waals surface area contributed by atoms with Gasteiger partial charge >= 0.3 is 0 Å². The van der Waals surface area contributed by atoms with Gasteiger partial charge in [0, 0.05) is 44.9 Å². The second-order valence-electron chi connectivity index (χ2n) is 17.5. The van der Waals surface area contributed by atoms with E-state index in [1.807, 2.05) is 18.2 Å². The third-order valence-corrected chi connectivity index (χ3v) is 13.5. The predicted molar refractivity (Wildman–Crippen MR) is 277 cm³/mol. The molecule has 0 fully saturated rings. The van der Waals surface area contributed by atoms with E-state index < -0.39 is 0 Å². The van der Waals surface area contributed by atoms with Gasteiger partial charge < -0.3 is 9.32 Å². The van der Waals surface area contributed by atoms with Crippen LogP contribution in [0.4, 0.5) is 11.4 Å². The number of benzene rings is 9. The minimum Gasteiger partial charge on any atom is -0.456 e. The van der Waals surface area contributed by atoms with Crippen molar-refractivity contribution in [3.8, 4) is 78.7 Å². The number of aromatic nitrogens is 3. The van der Waals surface area contributed by atoms with Gasteiger partial charge in [-0.3, -0.25) is 0 Å². The van der Waals surface area contributed by atoms with Crippen molar-refractivity contribution >= 4 is 28.4 Å². The summed E-state index contributed by atoms with van der Waals surface area (Å²) in [6, 6.07) is 81.3. The van der Waals surface area contributed by atoms with E-state index in [2.05, 4.69) is 229 Å². The van der Waals surface area contributed by atoms with E-state index in [-0.39, 0.29) is 12.0 Å². The largest absolute Gasteiger partial charge is 0.456 e. The molecule has 0 saturated heterocycles. The van der Waals surface area contributed by atoms with Crippen molar-refractivity contribution in [2.75, 3.05) is 4.90 Å². The molecule has 0 radical (unpaired) electrons. The predicted octanol–water partition coefficient (Wildman–Crippen LogP) is 16.0. The molecule has 11 aromatic rings. The number of hydrogen-bond donors (Lipinski definition) is 0. The summed E-state index contributed by atoms with van der Waals surface area (Å²) in [6.45, 7) is 0. The number of hydrogen-bond acceptors (Lipinski definition) is 5. The van der Waals surface area contributed by atoms with Crippen LogP contribution in [0.3, 0.4) is 0 Å². The lowest BCUT2D eigenvalue weighted by atomic mass is 9.81. The molecule has 13 rings (SSSR count). The molecule has 0 N–H and O–H groups in total. The Morgan fingerprint density at radius 1 is 0.382 bits per heavy atom. The van der Waals surface area contributed by atoms with Crippen molar-refractivity contribution < 1.29 is 4.42 Å². The van der Waals surface area contributed by atoms with Gasteiger partial charge in [-0.25, -0.2) is 15.0 Å². The molecule has 5 heteroatoms. The zero-order chi connectivity index (χ0) is 45.0. The van der Waals surface area contributed by atoms with E-state index in [1.54, 1.807) is 0 Å². The Bertz CT molecular complexity index is 3680. The summed E-state index contributed by atoms with van der Waals surface area (Å²) in [7, 11) is 0. The van der Waals surface area contributed by atoms with Gasteiger partial charge in [-0.15, -0.1) is 0 Å². The van der Waals surface area contributed by atoms with Crippen LogP contribution in [-0.2, 0) is 0 Å². The number of fused-ring (bicyclic) bond motifs is 7. The lowest BCUT2D eigenvalue weighted by Gasteiger charge is -2.30. The van der Waals surface area contributed by atoms with Crippen LogP contribution in [0.5, 0.6) is 0 Å². The number of rotatable bonds is 8. The molecule has 2 aliphatic rings. The monoisotopic (exact) mass is 870 g/mol. The van der Waals surface area contributed by atoms with E-state index >= 15 is 0 Å². The Morgan fingerprint density at radius 3 is 1.51 bits per heavy atom. The Hall–Kier alpha value is -8.93. The molecule has 0 spiro atoms. The number of nitrogens with zero attached hydrogens (tertiary/aromatic N) is 4. The molecule has 1 aliphatic heterocycles. The molecule has 2 unspecified atom stereocenters. The second-order valence-corrected chi connectivity index (χ2v) is 17.5. The van der Waals surface area contributed by atoms with Gasteiger partial charge in [0.25, 0.3) is 0 Å². The van der Waals surface area contributed by atoms with E-state index in [0.717, 1.165) is 66.9 Å². The van der Waals surface area contributed by atoms with Crippen molar-refractivity contribution in [2.45, 2.75) is 12.0 Å². The number of para-hydroxylation sites is 1. The fourth-order valence-electron chi connectivity index (χ4n) is 10.3. The maximum Gasteiger partial charge on any atom is 0.164 e. The van der Waals surface area contributed by atoms with Crippen LogP contribution in [0.2, 0.25) is 0 Å². The van der Waals surface area contributed by atoms with Gasteiger partial charge in [-0.05, 0) is 92.5 Å². The van der Waals surface area contributed by atoms with Crippen LogP contribution >= 0.6 is 0 Å². The van der Waals surface area contributed by atoms with E-state index in [4.69, 9.17) is 19.4 Å². The second kappa shape index (κ2) is 16.5. The highest BCUT2D eigenvalue weighted by Crippen LogP contribution is 2.54. The zero-order valence-electron chi connectivity index (χ0n) is 36.9. The highest BCUT2D eigenvalue weighted by molar-refractivity contribution is 6.00. The van der Waals surface area contributed by atoms with Crippen LogP contribution < -0.4 is 4.90 Å². The Balaban J connectivity index is 0.922. The fourth-order valence-corrected chi connectivity index (χ4v) is 10.3. The van der Waals surface area contributed by atoms with Crippen LogP contribution in [0, 0.1) is 0 Å². The summed E-state index contributed by atoms with van der Waals surface area (Å²) < 4.78 is 6.80. The molecule has 0 bridgehead atoms. The van der Waals surface area contributed by atoms with E-state index in [9.17, 15) is 0 Å². The zero-order valence-corrected chi connectivity index (χ0v) is 36.9. The fraction of sp³-hybridized carbons (Fsp3) is 0.0317. The molecule has 2 atom stereocenters. The van der Waals surface area contributed by atoms with Gasteiger partial charge in [0.05, 0.1) is 6.04 Å². The average Bonchev–Trinajstić information content (AvgIpc) is 3.98.